The molecule has 0 saturated carbocycles. The van der Waals surface area contributed by atoms with Crippen molar-refractivity contribution in [3.8, 4) is 0 Å². The third kappa shape index (κ3) is 2.76. The fraction of sp³-hybridized carbons (Fsp3) is 0.167. The normalized spacial score (nSPS) is 16.7. The molecule has 1 saturated heterocycles. The van der Waals surface area contributed by atoms with Crippen molar-refractivity contribution in [3.05, 3.63) is 58.9 Å². The van der Waals surface area contributed by atoms with Gasteiger partial charge >= 0.3 is 0 Å². The number of amides is 2. The zero-order chi connectivity index (χ0) is 17.4. The lowest BCUT2D eigenvalue weighted by atomic mass is 10.0. The number of carbonyl (C=O) groups is 2. The van der Waals surface area contributed by atoms with Crippen LogP contribution in [0.1, 0.15) is 16.7 Å². The minimum absolute atomic E-state index is 0.0655. The molecule has 0 unspecified atom stereocenters. The molecule has 0 atom stereocenters. The number of nitrogens with one attached hydrogen (secondary N) is 1. The second-order valence-corrected chi connectivity index (χ2v) is 6.17. The van der Waals surface area contributed by atoms with Crippen LogP contribution in [0.3, 0.4) is 0 Å². The lowest BCUT2D eigenvalue weighted by Crippen LogP contribution is -2.54. The number of benzene rings is 1. The van der Waals surface area contributed by atoms with Gasteiger partial charge in [-0.15, -0.1) is 0 Å². The van der Waals surface area contributed by atoms with Crippen LogP contribution in [0.5, 0.6) is 0 Å². The van der Waals surface area contributed by atoms with Gasteiger partial charge in [0.2, 0.25) is 0 Å². The number of nitrogens with zero attached hydrogens (tertiary/aromatic N) is 2. The minimum Gasteiger partial charge on any atom is -0.357 e. The Morgan fingerprint density at radius 1 is 1.17 bits per heavy atom. The maximum absolute atomic E-state index is 12.9. The molecule has 122 valence electrons. The molecule has 1 aromatic heterocycles. The molecule has 1 aliphatic heterocycles. The highest BCUT2D eigenvalue weighted by Crippen LogP contribution is 2.27. The third-order valence-electron chi connectivity index (χ3n) is 4.08. The van der Waals surface area contributed by atoms with E-state index in [1.54, 1.807) is 6.08 Å². The Labute approximate surface area is 145 Å². The Morgan fingerprint density at radius 2 is 1.92 bits per heavy atom. The first-order chi connectivity index (χ1) is 11.4. The Kier molecular flexibility index (Phi) is 4.07. The number of hydrogen-bond acceptors (Lipinski definition) is 3. The van der Waals surface area contributed by atoms with Gasteiger partial charge in [0.05, 0.1) is 5.69 Å². The van der Waals surface area contributed by atoms with Gasteiger partial charge in [-0.1, -0.05) is 12.1 Å². The molecular formula is C18H17N3O2S. The van der Waals surface area contributed by atoms with Crippen molar-refractivity contribution >= 4 is 40.9 Å². The molecule has 5 nitrogen and oxygen atoms in total. The second-order valence-electron chi connectivity index (χ2n) is 5.79. The molecule has 1 aromatic carbocycles. The van der Waals surface area contributed by atoms with E-state index in [1.807, 2.05) is 62.1 Å². The van der Waals surface area contributed by atoms with Gasteiger partial charge in [-0.25, -0.2) is 0 Å². The van der Waals surface area contributed by atoms with E-state index in [9.17, 15) is 9.59 Å². The molecule has 2 aromatic rings. The van der Waals surface area contributed by atoms with E-state index in [0.717, 1.165) is 16.7 Å². The van der Waals surface area contributed by atoms with Crippen LogP contribution in [0, 0.1) is 13.8 Å². The van der Waals surface area contributed by atoms with E-state index in [4.69, 9.17) is 12.2 Å². The number of rotatable bonds is 2. The Morgan fingerprint density at radius 3 is 2.58 bits per heavy atom. The molecule has 6 heteroatoms. The summed E-state index contributed by atoms with van der Waals surface area (Å²) in [6.45, 7) is 3.90. The van der Waals surface area contributed by atoms with Crippen LogP contribution >= 0.6 is 12.2 Å². The van der Waals surface area contributed by atoms with E-state index >= 15 is 0 Å². The molecule has 24 heavy (non-hydrogen) atoms. The Bertz CT molecular complexity index is 895. The van der Waals surface area contributed by atoms with E-state index in [2.05, 4.69) is 5.32 Å². The van der Waals surface area contributed by atoms with Gasteiger partial charge in [0.15, 0.2) is 5.11 Å². The van der Waals surface area contributed by atoms with Gasteiger partial charge in [0.25, 0.3) is 11.8 Å². The van der Waals surface area contributed by atoms with Crippen molar-refractivity contribution in [2.75, 3.05) is 4.90 Å². The van der Waals surface area contributed by atoms with Crippen molar-refractivity contribution in [1.82, 2.24) is 9.88 Å². The quantitative estimate of drug-likeness (QED) is 0.519. The van der Waals surface area contributed by atoms with Crippen molar-refractivity contribution in [1.29, 1.82) is 0 Å². The molecule has 1 N–H and O–H groups in total. The van der Waals surface area contributed by atoms with Gasteiger partial charge in [0.1, 0.15) is 5.57 Å². The summed E-state index contributed by atoms with van der Waals surface area (Å²) in [5, 5.41) is 2.71. The fourth-order valence-corrected chi connectivity index (χ4v) is 2.90. The minimum atomic E-state index is -0.476. The van der Waals surface area contributed by atoms with Crippen LogP contribution in [0.15, 0.2) is 42.2 Å². The maximum atomic E-state index is 12.9. The smallest absolute Gasteiger partial charge is 0.270 e. The molecule has 2 amide bonds. The number of hydrogen-bond donors (Lipinski definition) is 1. The van der Waals surface area contributed by atoms with Gasteiger partial charge in [-0.3, -0.25) is 19.8 Å². The summed E-state index contributed by atoms with van der Waals surface area (Å²) in [5.74, 6) is -0.892. The van der Waals surface area contributed by atoms with Crippen LogP contribution in [-0.2, 0) is 16.6 Å². The molecule has 1 aliphatic rings. The van der Waals surface area contributed by atoms with Crippen LogP contribution in [0.2, 0.25) is 0 Å². The van der Waals surface area contributed by atoms with E-state index < -0.39 is 11.8 Å². The summed E-state index contributed by atoms with van der Waals surface area (Å²) in [7, 11) is 1.88. The highest BCUT2D eigenvalue weighted by Gasteiger charge is 2.35. The fourth-order valence-electron chi connectivity index (χ4n) is 2.63. The zero-order valence-corrected chi connectivity index (χ0v) is 14.5. The number of thiocarbonyl (C=S) groups is 1. The average Bonchev–Trinajstić information content (AvgIpc) is 2.93. The molecule has 0 bridgehead atoms. The molecule has 2 heterocycles. The van der Waals surface area contributed by atoms with E-state index in [-0.39, 0.29) is 10.7 Å². The zero-order valence-electron chi connectivity index (χ0n) is 13.7. The first-order valence-corrected chi connectivity index (χ1v) is 7.89. The Hall–Kier alpha value is -2.73. The number of carbonyl (C=O) groups excluding carboxylic acids is 2. The highest BCUT2D eigenvalue weighted by molar-refractivity contribution is 7.80. The number of aromatic nitrogens is 1. The second kappa shape index (κ2) is 6.05. The molecule has 0 spiro atoms. The predicted molar refractivity (Wildman–Crippen MR) is 97.5 cm³/mol. The lowest BCUT2D eigenvalue weighted by molar-refractivity contribution is -0.122. The molecular weight excluding hydrogens is 322 g/mol. The predicted octanol–water partition coefficient (Wildman–Crippen LogP) is 2.47. The summed E-state index contributed by atoms with van der Waals surface area (Å²) in [5.41, 5.74) is 3.53. The highest BCUT2D eigenvalue weighted by atomic mass is 32.1. The summed E-state index contributed by atoms with van der Waals surface area (Å²) < 4.78 is 1.85. The van der Waals surface area contributed by atoms with Crippen LogP contribution in [-0.4, -0.2) is 21.5 Å². The van der Waals surface area contributed by atoms with Gasteiger partial charge in [0, 0.05) is 19.4 Å². The summed E-state index contributed by atoms with van der Waals surface area (Å²) in [4.78, 5) is 26.5. The van der Waals surface area contributed by atoms with Crippen LogP contribution in [0.25, 0.3) is 6.08 Å². The van der Waals surface area contributed by atoms with Crippen molar-refractivity contribution in [2.45, 2.75) is 13.8 Å². The largest absolute Gasteiger partial charge is 0.357 e. The van der Waals surface area contributed by atoms with Crippen LogP contribution < -0.4 is 10.2 Å². The Balaban J connectivity index is 2.06. The van der Waals surface area contributed by atoms with Gasteiger partial charge in [-0.2, -0.15) is 0 Å². The lowest BCUT2D eigenvalue weighted by Gasteiger charge is -2.30. The molecule has 3 rings (SSSR count). The average molecular weight is 339 g/mol. The maximum Gasteiger partial charge on any atom is 0.270 e. The number of aryl methyl sites for hydroxylation is 2. The first kappa shape index (κ1) is 16.1. The number of anilines is 1. The topological polar surface area (TPSA) is 54.3 Å². The standard InChI is InChI=1S/C18H17N3O2S/c1-11-5-4-6-15(12(11)2)21-17(23)14(16(22)19-18(21)24)9-13-7-8-20(3)10-13/h4-10H,1-3H3,(H,19,22,24)/b14-9-. The van der Waals surface area contributed by atoms with Crippen molar-refractivity contribution in [3.63, 3.8) is 0 Å². The van der Waals surface area contributed by atoms with Gasteiger partial charge < -0.3 is 4.57 Å². The third-order valence-corrected chi connectivity index (χ3v) is 4.37. The summed E-state index contributed by atoms with van der Waals surface area (Å²) in [6.07, 6.45) is 5.27. The first-order valence-electron chi connectivity index (χ1n) is 7.48. The van der Waals surface area contributed by atoms with Gasteiger partial charge in [-0.05, 0) is 61.0 Å². The van der Waals surface area contributed by atoms with E-state index in [1.165, 1.54) is 4.90 Å². The van der Waals surface area contributed by atoms with Crippen molar-refractivity contribution in [2.24, 2.45) is 7.05 Å². The summed E-state index contributed by atoms with van der Waals surface area (Å²) >= 11 is 5.23. The SMILES string of the molecule is Cc1cccc(N2C(=O)/C(=C\c3ccn(C)c3)C(=O)NC2=S)c1C. The molecule has 0 radical (unpaired) electrons. The van der Waals surface area contributed by atoms with Crippen LogP contribution in [0.4, 0.5) is 5.69 Å². The summed E-state index contributed by atoms with van der Waals surface area (Å²) in [6, 6.07) is 7.49. The van der Waals surface area contributed by atoms with E-state index in [0.29, 0.717) is 5.69 Å². The monoisotopic (exact) mass is 339 g/mol. The van der Waals surface area contributed by atoms with Crippen molar-refractivity contribution < 1.29 is 9.59 Å². The molecule has 0 aliphatic carbocycles. The molecule has 1 fully saturated rings.